The normalized spacial score (nSPS) is 15.4. The number of hydrogen-bond acceptors (Lipinski definition) is 6. The van der Waals surface area contributed by atoms with Crippen molar-refractivity contribution in [2.45, 2.75) is 26.1 Å². The lowest BCUT2D eigenvalue weighted by Gasteiger charge is -2.26. The number of aliphatic hydroxyl groups excluding tert-OH is 1. The van der Waals surface area contributed by atoms with Crippen LogP contribution in [0.3, 0.4) is 0 Å². The highest BCUT2D eigenvalue weighted by molar-refractivity contribution is 5.80. The van der Waals surface area contributed by atoms with Crippen molar-refractivity contribution in [3.05, 3.63) is 89.7 Å². The number of rotatable bonds is 4. The highest BCUT2D eigenvalue weighted by atomic mass is 19.3. The first kappa shape index (κ1) is 20.5. The van der Waals surface area contributed by atoms with Crippen molar-refractivity contribution in [1.82, 2.24) is 19.6 Å². The molecule has 0 spiro atoms. The van der Waals surface area contributed by atoms with Gasteiger partial charge in [0.2, 0.25) is 5.89 Å². The van der Waals surface area contributed by atoms with E-state index >= 15 is 0 Å². The van der Waals surface area contributed by atoms with Crippen molar-refractivity contribution in [3.63, 3.8) is 0 Å². The third-order valence-electron chi connectivity index (χ3n) is 6.03. The van der Waals surface area contributed by atoms with Crippen LogP contribution in [0.2, 0.25) is 0 Å². The zero-order chi connectivity index (χ0) is 23.4. The fraction of sp³-hybridized carbons (Fsp3) is 0.160. The van der Waals surface area contributed by atoms with Crippen molar-refractivity contribution < 1.29 is 18.3 Å². The molecule has 0 radical (unpaired) electrons. The third kappa shape index (κ3) is 3.32. The van der Waals surface area contributed by atoms with E-state index in [1.807, 2.05) is 71.1 Å². The molecule has 7 nitrogen and oxygen atoms in total. The fourth-order valence-electron chi connectivity index (χ4n) is 4.45. The second-order valence-corrected chi connectivity index (χ2v) is 8.24. The largest absolute Gasteiger partial charge is 0.415 e. The second-order valence-electron chi connectivity index (χ2n) is 8.24. The number of aromatic nitrogens is 4. The molecule has 1 N–H and O–H groups in total. The Bertz CT molecular complexity index is 1530. The molecule has 1 aliphatic rings. The van der Waals surface area contributed by atoms with Crippen molar-refractivity contribution in [2.75, 3.05) is 4.90 Å². The topological polar surface area (TPSA) is 79.7 Å². The van der Waals surface area contributed by atoms with Crippen LogP contribution >= 0.6 is 0 Å². The van der Waals surface area contributed by atoms with Crippen LogP contribution in [0.1, 0.15) is 35.4 Å². The lowest BCUT2D eigenvalue weighted by Crippen LogP contribution is -2.21. The van der Waals surface area contributed by atoms with E-state index in [0.29, 0.717) is 17.7 Å². The number of benzene rings is 2. The number of nitrogens with zero attached hydrogens (tertiary/aromatic N) is 5. The SMILES string of the molecule is Cc1cn2cc(-c3ccccc3N3Cc4ccc(-c5nnc(C(F)F)o5)cc4C3O)ccc2n1. The smallest absolute Gasteiger partial charge is 0.314 e. The second kappa shape index (κ2) is 7.74. The Hall–Kier alpha value is -4.11. The van der Waals surface area contributed by atoms with Gasteiger partial charge in [0, 0.05) is 46.9 Å². The van der Waals surface area contributed by atoms with E-state index in [0.717, 1.165) is 33.7 Å². The molecule has 170 valence electrons. The summed E-state index contributed by atoms with van der Waals surface area (Å²) < 4.78 is 32.7. The molecule has 3 aromatic heterocycles. The van der Waals surface area contributed by atoms with Gasteiger partial charge in [0.15, 0.2) is 6.23 Å². The van der Waals surface area contributed by atoms with Crippen molar-refractivity contribution in [3.8, 4) is 22.6 Å². The summed E-state index contributed by atoms with van der Waals surface area (Å²) in [7, 11) is 0. The highest BCUT2D eigenvalue weighted by Gasteiger charge is 2.31. The van der Waals surface area contributed by atoms with Crippen LogP contribution in [0.25, 0.3) is 28.2 Å². The number of aryl methyl sites for hydroxylation is 1. The number of para-hydroxylation sites is 1. The number of aliphatic hydroxyl groups is 1. The van der Waals surface area contributed by atoms with Crippen LogP contribution in [-0.2, 0) is 6.54 Å². The molecule has 0 saturated carbocycles. The molecule has 1 aliphatic heterocycles. The lowest BCUT2D eigenvalue weighted by atomic mass is 10.0. The number of anilines is 1. The monoisotopic (exact) mass is 459 g/mol. The Morgan fingerprint density at radius 3 is 2.68 bits per heavy atom. The number of pyridine rings is 1. The van der Waals surface area contributed by atoms with E-state index in [1.54, 1.807) is 12.1 Å². The molecule has 0 fully saturated rings. The van der Waals surface area contributed by atoms with Gasteiger partial charge in [0.05, 0.1) is 5.69 Å². The summed E-state index contributed by atoms with van der Waals surface area (Å²) in [5.41, 5.74) is 6.74. The first-order valence-corrected chi connectivity index (χ1v) is 10.7. The summed E-state index contributed by atoms with van der Waals surface area (Å²) >= 11 is 0. The van der Waals surface area contributed by atoms with Crippen molar-refractivity contribution in [2.24, 2.45) is 0 Å². The number of imidazole rings is 1. The zero-order valence-electron chi connectivity index (χ0n) is 18.1. The summed E-state index contributed by atoms with van der Waals surface area (Å²) in [6.07, 6.45) is 0.241. The predicted molar refractivity (Wildman–Crippen MR) is 121 cm³/mol. The van der Waals surface area contributed by atoms with E-state index in [2.05, 4.69) is 15.2 Å². The average molecular weight is 459 g/mol. The minimum Gasteiger partial charge on any atom is -0.415 e. The van der Waals surface area contributed by atoms with Gasteiger partial charge in [-0.2, -0.15) is 8.78 Å². The molecule has 6 rings (SSSR count). The molecule has 9 heteroatoms. The molecule has 0 bridgehead atoms. The van der Waals surface area contributed by atoms with Crippen LogP contribution in [-0.4, -0.2) is 24.7 Å². The molecular weight excluding hydrogens is 440 g/mol. The van der Waals surface area contributed by atoms with E-state index in [-0.39, 0.29) is 5.89 Å². The highest BCUT2D eigenvalue weighted by Crippen LogP contribution is 2.42. The van der Waals surface area contributed by atoms with Gasteiger partial charge in [-0.05, 0) is 42.8 Å². The maximum atomic E-state index is 12.8. The van der Waals surface area contributed by atoms with Crippen LogP contribution < -0.4 is 4.90 Å². The summed E-state index contributed by atoms with van der Waals surface area (Å²) in [6, 6.07) is 17.2. The van der Waals surface area contributed by atoms with Crippen LogP contribution in [0.4, 0.5) is 14.5 Å². The summed E-state index contributed by atoms with van der Waals surface area (Å²) in [5, 5.41) is 18.3. The van der Waals surface area contributed by atoms with Crippen LogP contribution in [0, 0.1) is 6.92 Å². The van der Waals surface area contributed by atoms with Crippen LogP contribution in [0.15, 0.2) is 71.4 Å². The Kier molecular flexibility index (Phi) is 4.66. The van der Waals surface area contributed by atoms with Gasteiger partial charge in [-0.25, -0.2) is 4.98 Å². The predicted octanol–water partition coefficient (Wildman–Crippen LogP) is 5.31. The Morgan fingerprint density at radius 1 is 1.03 bits per heavy atom. The summed E-state index contributed by atoms with van der Waals surface area (Å²) in [4.78, 5) is 6.39. The molecular formula is C25H19F2N5O2. The molecule has 1 atom stereocenters. The van der Waals surface area contributed by atoms with Gasteiger partial charge in [0.1, 0.15) is 5.65 Å². The minimum absolute atomic E-state index is 0.00641. The first-order valence-electron chi connectivity index (χ1n) is 10.7. The molecule has 2 aromatic carbocycles. The van der Waals surface area contributed by atoms with E-state index in [4.69, 9.17) is 4.42 Å². The molecule has 5 aromatic rings. The molecule has 1 unspecified atom stereocenters. The van der Waals surface area contributed by atoms with E-state index in [1.165, 1.54) is 0 Å². The minimum atomic E-state index is -2.83. The first-order chi connectivity index (χ1) is 16.5. The van der Waals surface area contributed by atoms with Gasteiger partial charge in [0.25, 0.3) is 5.89 Å². The molecule has 0 amide bonds. The van der Waals surface area contributed by atoms with Crippen molar-refractivity contribution in [1.29, 1.82) is 0 Å². The Labute approximate surface area is 192 Å². The number of hydrogen-bond donors (Lipinski definition) is 1. The Balaban J connectivity index is 1.36. The maximum absolute atomic E-state index is 12.8. The molecule has 0 aliphatic carbocycles. The molecule has 34 heavy (non-hydrogen) atoms. The number of fused-ring (bicyclic) bond motifs is 2. The average Bonchev–Trinajstić information content (AvgIpc) is 3.55. The summed E-state index contributed by atoms with van der Waals surface area (Å²) in [6.45, 7) is 2.45. The molecule has 4 heterocycles. The van der Waals surface area contributed by atoms with Crippen LogP contribution in [0.5, 0.6) is 0 Å². The van der Waals surface area contributed by atoms with Gasteiger partial charge in [-0.3, -0.25) is 0 Å². The fourth-order valence-corrected chi connectivity index (χ4v) is 4.45. The van der Waals surface area contributed by atoms with E-state index < -0.39 is 18.5 Å². The maximum Gasteiger partial charge on any atom is 0.314 e. The zero-order valence-corrected chi connectivity index (χ0v) is 18.1. The number of alkyl halides is 2. The molecule has 0 saturated heterocycles. The Morgan fingerprint density at radius 2 is 1.85 bits per heavy atom. The number of halogens is 2. The van der Waals surface area contributed by atoms with Crippen molar-refractivity contribution >= 4 is 11.3 Å². The third-order valence-corrected chi connectivity index (χ3v) is 6.03. The summed E-state index contributed by atoms with van der Waals surface area (Å²) in [5.74, 6) is -0.732. The lowest BCUT2D eigenvalue weighted by molar-refractivity contribution is 0.116. The quantitative estimate of drug-likeness (QED) is 0.393. The van der Waals surface area contributed by atoms with Gasteiger partial charge in [-0.1, -0.05) is 24.3 Å². The van der Waals surface area contributed by atoms with Gasteiger partial charge in [-0.15, -0.1) is 10.2 Å². The van der Waals surface area contributed by atoms with Gasteiger partial charge >= 0.3 is 6.43 Å². The standard InChI is InChI=1S/C25H19F2N5O2/c1-14-11-31-12-16(8-9-21(31)28-14)18-4-2-3-5-20(18)32-13-17-7-6-15(10-19(17)25(32)33)23-29-30-24(34-23)22(26)27/h2-12,22,25,33H,13H2,1H3. The van der Waals surface area contributed by atoms with Gasteiger partial charge < -0.3 is 18.8 Å². The van der Waals surface area contributed by atoms with E-state index in [9.17, 15) is 13.9 Å².